The summed E-state index contributed by atoms with van der Waals surface area (Å²) in [7, 11) is 0. The van der Waals surface area contributed by atoms with E-state index in [9.17, 15) is 0 Å². The summed E-state index contributed by atoms with van der Waals surface area (Å²) in [6.45, 7) is 22.6. The normalized spacial score (nSPS) is 12.2. The summed E-state index contributed by atoms with van der Waals surface area (Å²) in [5.74, 6) is 2.96. The van der Waals surface area contributed by atoms with Crippen molar-refractivity contribution in [3.63, 3.8) is 0 Å². The van der Waals surface area contributed by atoms with E-state index < -0.39 is 0 Å². The molecular weight excluding hydrogens is 777 g/mol. The first kappa shape index (κ1) is 45.6. The largest absolute Gasteiger partial charge is 0.260 e. The Bertz CT molecular complexity index is 2790. The van der Waals surface area contributed by atoms with Crippen LogP contribution in [0.4, 0.5) is 0 Å². The van der Waals surface area contributed by atoms with Crippen molar-refractivity contribution in [2.24, 2.45) is 9.98 Å². The van der Waals surface area contributed by atoms with Crippen LogP contribution in [0, 0.1) is 0 Å². The van der Waals surface area contributed by atoms with Crippen molar-refractivity contribution >= 4 is 49.6 Å². The minimum absolute atomic E-state index is 0.548. The lowest BCUT2D eigenvalue weighted by molar-refractivity contribution is 0.863. The van der Waals surface area contributed by atoms with Gasteiger partial charge in [0.1, 0.15) is 6.67 Å². The molecule has 0 N–H and O–H groups in total. The van der Waals surface area contributed by atoms with Crippen LogP contribution >= 0.6 is 11.3 Å². The number of rotatable bonds is 5. The molecule has 0 amide bonds. The van der Waals surface area contributed by atoms with Crippen molar-refractivity contribution in [3.8, 4) is 0 Å². The number of benzene rings is 5. The molecule has 5 aromatic carbocycles. The highest BCUT2D eigenvalue weighted by Crippen LogP contribution is 2.25. The second-order valence-electron chi connectivity index (χ2n) is 17.4. The van der Waals surface area contributed by atoms with Crippen molar-refractivity contribution in [2.45, 2.75) is 105 Å². The quantitative estimate of drug-likeness (QED) is 0.173. The van der Waals surface area contributed by atoms with Crippen LogP contribution in [0.2, 0.25) is 0 Å². The minimum atomic E-state index is 0.548. The number of allylic oxidation sites excluding steroid dienone is 1. The van der Waals surface area contributed by atoms with Gasteiger partial charge >= 0.3 is 0 Å². The van der Waals surface area contributed by atoms with Gasteiger partial charge in [-0.3, -0.25) is 24.9 Å². The molecule has 1 aliphatic heterocycles. The van der Waals surface area contributed by atoms with Crippen LogP contribution in [-0.2, 0) is 6.42 Å². The van der Waals surface area contributed by atoms with E-state index in [1.54, 1.807) is 23.7 Å². The number of hydrogen-bond acceptors (Lipinski definition) is 7. The van der Waals surface area contributed by atoms with Crippen LogP contribution in [-0.4, -0.2) is 26.6 Å². The van der Waals surface area contributed by atoms with Crippen molar-refractivity contribution < 1.29 is 0 Å². The van der Waals surface area contributed by atoms with Crippen molar-refractivity contribution in [1.82, 2.24) is 19.9 Å². The van der Waals surface area contributed by atoms with Crippen LogP contribution in [0.25, 0.3) is 38.2 Å². The third-order valence-corrected chi connectivity index (χ3v) is 11.9. The lowest BCUT2D eigenvalue weighted by atomic mass is 9.99. The van der Waals surface area contributed by atoms with E-state index in [0.717, 1.165) is 39.2 Å². The zero-order valence-corrected chi connectivity index (χ0v) is 39.0. The van der Waals surface area contributed by atoms with Gasteiger partial charge in [-0.1, -0.05) is 130 Å². The second kappa shape index (κ2) is 21.7. The number of pyridine rings is 1. The lowest BCUT2D eigenvalue weighted by Crippen LogP contribution is -2.21. The molecule has 0 unspecified atom stereocenters. The van der Waals surface area contributed by atoms with E-state index >= 15 is 0 Å². The highest BCUT2D eigenvalue weighted by Gasteiger charge is 2.07. The first-order chi connectivity index (χ1) is 29.9. The fourth-order valence-corrected chi connectivity index (χ4v) is 7.72. The zero-order chi connectivity index (χ0) is 44.2. The Kier molecular flexibility index (Phi) is 16.0. The van der Waals surface area contributed by atoms with Crippen LogP contribution in [0.5, 0.6) is 0 Å². The van der Waals surface area contributed by atoms with Gasteiger partial charge in [0.15, 0.2) is 0 Å². The Morgan fingerprint density at radius 2 is 1.00 bits per heavy atom. The molecule has 0 saturated carbocycles. The topological polar surface area (TPSA) is 76.3 Å². The number of thiazole rings is 1. The predicted molar refractivity (Wildman–Crippen MR) is 264 cm³/mol. The van der Waals surface area contributed by atoms with Gasteiger partial charge in [0.2, 0.25) is 0 Å². The Labute approximate surface area is 372 Å². The van der Waals surface area contributed by atoms with Gasteiger partial charge in [-0.15, -0.1) is 11.3 Å². The molecular formula is C55H62N6S. The molecule has 318 valence electrons. The van der Waals surface area contributed by atoms with Crippen LogP contribution < -0.4 is 10.7 Å². The first-order valence-corrected chi connectivity index (χ1v) is 22.9. The number of aromatic nitrogens is 4. The fourth-order valence-electron chi connectivity index (χ4n) is 7.00. The van der Waals surface area contributed by atoms with E-state index in [1.807, 2.05) is 23.8 Å². The molecule has 0 bridgehead atoms. The summed E-state index contributed by atoms with van der Waals surface area (Å²) in [6.07, 6.45) is 10.9. The summed E-state index contributed by atoms with van der Waals surface area (Å²) >= 11 is 1.71. The van der Waals surface area contributed by atoms with E-state index in [2.05, 4.69) is 202 Å². The van der Waals surface area contributed by atoms with Gasteiger partial charge in [-0.2, -0.15) is 0 Å². The maximum absolute atomic E-state index is 4.28. The van der Waals surface area contributed by atoms with Crippen LogP contribution in [0.15, 0.2) is 143 Å². The molecule has 10 rings (SSSR count). The van der Waals surface area contributed by atoms with Crippen LogP contribution in [0.3, 0.4) is 0 Å². The molecule has 4 heterocycles. The maximum Gasteiger partial charge on any atom is 0.130 e. The molecule has 0 spiro atoms. The third-order valence-electron chi connectivity index (χ3n) is 11.1. The summed E-state index contributed by atoms with van der Waals surface area (Å²) in [4.78, 5) is 25.5. The first-order valence-electron chi connectivity index (χ1n) is 22.0. The lowest BCUT2D eigenvalue weighted by Gasteiger charge is -2.07. The van der Waals surface area contributed by atoms with Gasteiger partial charge in [-0.05, 0) is 130 Å². The van der Waals surface area contributed by atoms with Gasteiger partial charge in [0.25, 0.3) is 0 Å². The molecule has 8 aromatic rings. The van der Waals surface area contributed by atoms with Gasteiger partial charge < -0.3 is 0 Å². The summed E-state index contributed by atoms with van der Waals surface area (Å²) < 4.78 is 1.29. The van der Waals surface area contributed by atoms with Gasteiger partial charge in [0.05, 0.1) is 43.0 Å². The molecule has 6 nitrogen and oxygen atoms in total. The Morgan fingerprint density at radius 3 is 1.71 bits per heavy atom. The van der Waals surface area contributed by atoms with Crippen molar-refractivity contribution in [3.05, 3.63) is 183 Å². The van der Waals surface area contributed by atoms with Crippen molar-refractivity contribution in [2.75, 3.05) is 6.67 Å². The minimum Gasteiger partial charge on any atom is -0.260 e. The summed E-state index contributed by atoms with van der Waals surface area (Å²) in [5.41, 5.74) is 15.8. The fraction of sp³-hybridized carbons (Fsp3) is 0.309. The SMILES string of the molecule is CC(C)c1ccc2c(c1)=NCN=2.CC(C)c1ccc2c(c1)C=CC2.CC(C)c1ccc2ncccc2c1.CC(C)c1ccc2nccnc2c1.CC(C)c1ccc2ncsc2c1. The second-order valence-corrected chi connectivity index (χ2v) is 18.3. The number of fused-ring (bicyclic) bond motifs is 5. The molecule has 2 aliphatic rings. The Morgan fingerprint density at radius 1 is 0.452 bits per heavy atom. The molecule has 1 aliphatic carbocycles. The summed E-state index contributed by atoms with van der Waals surface area (Å²) in [5, 5.41) is 3.33. The van der Waals surface area contributed by atoms with E-state index in [0.29, 0.717) is 36.3 Å². The molecule has 7 heteroatoms. The molecule has 0 radical (unpaired) electrons. The molecule has 0 fully saturated rings. The Hall–Kier alpha value is -5.92. The van der Waals surface area contributed by atoms with Gasteiger partial charge in [-0.25, -0.2) is 4.98 Å². The molecule has 0 saturated heterocycles. The number of nitrogens with zero attached hydrogens (tertiary/aromatic N) is 6. The molecule has 0 atom stereocenters. The monoisotopic (exact) mass is 838 g/mol. The third kappa shape index (κ3) is 12.3. The average molecular weight is 839 g/mol. The van der Waals surface area contributed by atoms with Crippen molar-refractivity contribution in [1.29, 1.82) is 0 Å². The van der Waals surface area contributed by atoms with Gasteiger partial charge in [0, 0.05) is 24.0 Å². The van der Waals surface area contributed by atoms with E-state index in [1.165, 1.54) is 49.0 Å². The average Bonchev–Trinajstić information content (AvgIpc) is 4.08. The van der Waals surface area contributed by atoms with Crippen LogP contribution in [0.1, 0.15) is 138 Å². The maximum atomic E-state index is 4.28. The number of hydrogen-bond donors (Lipinski definition) is 0. The molecule has 3 aromatic heterocycles. The standard InChI is InChI=1S/C12H13N.C12H14.C11H12N2.C10H12N2.C10H11NS/c1-9(2)10-5-6-12-11(8-10)4-3-7-13-12;1-9(2)11-7-6-10-4-3-5-12(10)8-11;1-8(2)9-3-4-10-11(7-9)13-6-5-12-10;2*1-7(2)8-3-4-9-10(5-8)12-6-11-9/h3-9H,1-2H3;3,5-9H,4H2,1-2H3;3-8H,1-2H3;3-5,7H,6H2,1-2H3;3-7H,1-2H3. The van der Waals surface area contributed by atoms with E-state index in [-0.39, 0.29) is 0 Å². The molecule has 62 heavy (non-hydrogen) atoms. The Balaban J connectivity index is 0.000000129. The highest BCUT2D eigenvalue weighted by molar-refractivity contribution is 7.16. The zero-order valence-electron chi connectivity index (χ0n) is 38.2. The summed E-state index contributed by atoms with van der Waals surface area (Å²) in [6, 6.07) is 36.4. The highest BCUT2D eigenvalue weighted by atomic mass is 32.1. The smallest absolute Gasteiger partial charge is 0.130 e. The predicted octanol–water partition coefficient (Wildman–Crippen LogP) is 13.9. The van der Waals surface area contributed by atoms with E-state index in [4.69, 9.17) is 0 Å².